The van der Waals surface area contributed by atoms with Gasteiger partial charge in [0.2, 0.25) is 11.2 Å². The fourth-order valence-corrected chi connectivity index (χ4v) is 1.91. The third-order valence-corrected chi connectivity index (χ3v) is 2.95. The SMILES string of the molecule is C[C@H](CO)Nc1nc(Cl)nc(CCc2ccccc2)n1. The van der Waals surface area contributed by atoms with Crippen LogP contribution in [0.5, 0.6) is 0 Å². The van der Waals surface area contributed by atoms with Crippen molar-refractivity contribution >= 4 is 17.5 Å². The van der Waals surface area contributed by atoms with Crippen molar-refractivity contribution in [1.29, 1.82) is 0 Å². The van der Waals surface area contributed by atoms with Crippen molar-refractivity contribution in [2.24, 2.45) is 0 Å². The van der Waals surface area contributed by atoms with E-state index in [9.17, 15) is 0 Å². The number of aromatic nitrogens is 3. The number of anilines is 1. The molecule has 0 unspecified atom stereocenters. The first kappa shape index (κ1) is 14.7. The standard InChI is InChI=1S/C14H17ClN4O/c1-10(9-20)16-14-18-12(17-13(15)19-14)8-7-11-5-3-2-4-6-11/h2-6,10,20H,7-9H2,1H3,(H,16,17,18,19)/t10-/m1/s1. The summed E-state index contributed by atoms with van der Waals surface area (Å²) in [6.07, 6.45) is 1.53. The largest absolute Gasteiger partial charge is 0.394 e. The molecule has 6 heteroatoms. The topological polar surface area (TPSA) is 70.9 Å². The van der Waals surface area contributed by atoms with E-state index in [-0.39, 0.29) is 17.9 Å². The summed E-state index contributed by atoms with van der Waals surface area (Å²) in [5.74, 6) is 1.04. The Balaban J connectivity index is 2.04. The van der Waals surface area contributed by atoms with Crippen LogP contribution in [0.15, 0.2) is 30.3 Å². The molecule has 2 rings (SSSR count). The third kappa shape index (κ3) is 4.43. The molecule has 1 aromatic heterocycles. The molecule has 2 aromatic rings. The van der Waals surface area contributed by atoms with Gasteiger partial charge < -0.3 is 10.4 Å². The minimum absolute atomic E-state index is 0.00263. The summed E-state index contributed by atoms with van der Waals surface area (Å²) in [4.78, 5) is 12.4. The van der Waals surface area contributed by atoms with E-state index in [0.29, 0.717) is 18.2 Å². The lowest BCUT2D eigenvalue weighted by Gasteiger charge is -2.11. The zero-order valence-corrected chi connectivity index (χ0v) is 12.0. The Morgan fingerprint density at radius 3 is 2.60 bits per heavy atom. The summed E-state index contributed by atoms with van der Waals surface area (Å²) in [7, 11) is 0. The highest BCUT2D eigenvalue weighted by molar-refractivity contribution is 6.28. The quantitative estimate of drug-likeness (QED) is 0.853. The van der Waals surface area contributed by atoms with Crippen LogP contribution in [0, 0.1) is 0 Å². The van der Waals surface area contributed by atoms with Crippen LogP contribution in [0.25, 0.3) is 0 Å². The predicted molar refractivity (Wildman–Crippen MR) is 78.9 cm³/mol. The van der Waals surface area contributed by atoms with Gasteiger partial charge in [-0.2, -0.15) is 9.97 Å². The third-order valence-electron chi connectivity index (χ3n) is 2.78. The van der Waals surface area contributed by atoms with Crippen molar-refractivity contribution in [2.75, 3.05) is 11.9 Å². The zero-order chi connectivity index (χ0) is 14.4. The van der Waals surface area contributed by atoms with E-state index in [1.807, 2.05) is 25.1 Å². The maximum atomic E-state index is 9.02. The summed E-state index contributed by atoms with van der Waals surface area (Å²) in [5.41, 5.74) is 1.22. The molecule has 0 bridgehead atoms. The number of aliphatic hydroxyl groups is 1. The van der Waals surface area contributed by atoms with E-state index >= 15 is 0 Å². The van der Waals surface area contributed by atoms with Crippen molar-refractivity contribution in [3.8, 4) is 0 Å². The predicted octanol–water partition coefficient (Wildman–Crippen LogP) is 2.10. The van der Waals surface area contributed by atoms with Crippen LogP contribution >= 0.6 is 11.6 Å². The Morgan fingerprint density at radius 1 is 1.15 bits per heavy atom. The normalized spacial score (nSPS) is 12.2. The van der Waals surface area contributed by atoms with Crippen LogP contribution in [-0.4, -0.2) is 32.7 Å². The Kier molecular flexibility index (Phi) is 5.26. The fourth-order valence-electron chi connectivity index (χ4n) is 1.73. The highest BCUT2D eigenvalue weighted by Gasteiger charge is 2.07. The molecule has 0 fully saturated rings. The first-order valence-electron chi connectivity index (χ1n) is 6.49. The molecule has 0 amide bonds. The average molecular weight is 293 g/mol. The first-order chi connectivity index (χ1) is 9.67. The lowest BCUT2D eigenvalue weighted by atomic mass is 10.1. The van der Waals surface area contributed by atoms with Gasteiger partial charge in [-0.3, -0.25) is 0 Å². The number of aliphatic hydroxyl groups excluding tert-OH is 1. The summed E-state index contributed by atoms with van der Waals surface area (Å²) in [6, 6.07) is 10.0. The van der Waals surface area contributed by atoms with Crippen molar-refractivity contribution in [2.45, 2.75) is 25.8 Å². The molecule has 0 saturated carbocycles. The number of hydrogen-bond donors (Lipinski definition) is 2. The summed E-state index contributed by atoms with van der Waals surface area (Å²) < 4.78 is 0. The van der Waals surface area contributed by atoms with Crippen LogP contribution in [0.3, 0.4) is 0 Å². The van der Waals surface area contributed by atoms with Gasteiger partial charge in [-0.05, 0) is 30.5 Å². The second-order valence-corrected chi connectivity index (χ2v) is 4.90. The molecule has 0 aliphatic rings. The van der Waals surface area contributed by atoms with E-state index in [4.69, 9.17) is 16.7 Å². The van der Waals surface area contributed by atoms with Gasteiger partial charge in [0.1, 0.15) is 5.82 Å². The van der Waals surface area contributed by atoms with Gasteiger partial charge in [0.05, 0.1) is 6.61 Å². The molecule has 2 N–H and O–H groups in total. The van der Waals surface area contributed by atoms with Gasteiger partial charge in [0, 0.05) is 12.5 Å². The van der Waals surface area contributed by atoms with Crippen LogP contribution in [0.4, 0.5) is 5.95 Å². The molecule has 106 valence electrons. The number of nitrogens with one attached hydrogen (secondary N) is 1. The lowest BCUT2D eigenvalue weighted by Crippen LogP contribution is -2.21. The van der Waals surface area contributed by atoms with Gasteiger partial charge in [0.15, 0.2) is 0 Å². The highest BCUT2D eigenvalue weighted by atomic mass is 35.5. The monoisotopic (exact) mass is 292 g/mol. The average Bonchev–Trinajstić information content (AvgIpc) is 2.45. The van der Waals surface area contributed by atoms with Crippen molar-refractivity contribution in [3.63, 3.8) is 0 Å². The molecular formula is C14H17ClN4O. The van der Waals surface area contributed by atoms with E-state index in [1.54, 1.807) is 0 Å². The molecule has 20 heavy (non-hydrogen) atoms. The van der Waals surface area contributed by atoms with E-state index in [2.05, 4.69) is 32.4 Å². The number of hydrogen-bond acceptors (Lipinski definition) is 5. The molecular weight excluding hydrogens is 276 g/mol. The number of benzene rings is 1. The maximum absolute atomic E-state index is 9.02. The van der Waals surface area contributed by atoms with Crippen LogP contribution in [-0.2, 0) is 12.8 Å². The van der Waals surface area contributed by atoms with Crippen LogP contribution in [0.1, 0.15) is 18.3 Å². The zero-order valence-electron chi connectivity index (χ0n) is 11.3. The minimum Gasteiger partial charge on any atom is -0.394 e. The van der Waals surface area contributed by atoms with E-state index in [0.717, 1.165) is 6.42 Å². The number of halogens is 1. The minimum atomic E-state index is -0.129. The first-order valence-corrected chi connectivity index (χ1v) is 6.87. The Bertz CT molecular complexity index is 550. The molecule has 0 aliphatic carbocycles. The van der Waals surface area contributed by atoms with Gasteiger partial charge >= 0.3 is 0 Å². The van der Waals surface area contributed by atoms with Gasteiger partial charge in [-0.1, -0.05) is 30.3 Å². The number of rotatable bonds is 6. The number of aryl methyl sites for hydroxylation is 2. The van der Waals surface area contributed by atoms with E-state index < -0.39 is 0 Å². The fraction of sp³-hybridized carbons (Fsp3) is 0.357. The smallest absolute Gasteiger partial charge is 0.227 e. The molecule has 0 aliphatic heterocycles. The Labute approximate surface area is 123 Å². The lowest BCUT2D eigenvalue weighted by molar-refractivity contribution is 0.281. The Hall–Kier alpha value is -1.72. The van der Waals surface area contributed by atoms with Gasteiger partial charge in [0.25, 0.3) is 0 Å². The van der Waals surface area contributed by atoms with Gasteiger partial charge in [-0.25, -0.2) is 4.98 Å². The molecule has 0 spiro atoms. The summed E-state index contributed by atoms with van der Waals surface area (Å²) in [6.45, 7) is 1.84. The number of nitrogens with zero attached hydrogens (tertiary/aromatic N) is 3. The Morgan fingerprint density at radius 2 is 1.90 bits per heavy atom. The van der Waals surface area contributed by atoms with Crippen LogP contribution < -0.4 is 5.32 Å². The van der Waals surface area contributed by atoms with Crippen molar-refractivity contribution in [3.05, 3.63) is 47.0 Å². The van der Waals surface area contributed by atoms with Crippen molar-refractivity contribution < 1.29 is 5.11 Å². The summed E-state index contributed by atoms with van der Waals surface area (Å²) >= 11 is 5.89. The van der Waals surface area contributed by atoms with E-state index in [1.165, 1.54) is 5.56 Å². The highest BCUT2D eigenvalue weighted by Crippen LogP contribution is 2.10. The molecule has 0 saturated heterocycles. The summed E-state index contributed by atoms with van der Waals surface area (Å²) in [5, 5.41) is 12.2. The van der Waals surface area contributed by atoms with Crippen molar-refractivity contribution in [1.82, 2.24) is 15.0 Å². The van der Waals surface area contributed by atoms with Crippen LogP contribution in [0.2, 0.25) is 5.28 Å². The van der Waals surface area contributed by atoms with Gasteiger partial charge in [-0.15, -0.1) is 0 Å². The molecule has 1 atom stereocenters. The second kappa shape index (κ2) is 7.17. The molecule has 5 nitrogen and oxygen atoms in total. The molecule has 1 heterocycles. The maximum Gasteiger partial charge on any atom is 0.227 e. The molecule has 1 aromatic carbocycles. The molecule has 0 radical (unpaired) electrons. The second-order valence-electron chi connectivity index (χ2n) is 4.56.